The van der Waals surface area contributed by atoms with Crippen LogP contribution in [0, 0.1) is 17.3 Å². The van der Waals surface area contributed by atoms with E-state index in [9.17, 15) is 5.11 Å². The van der Waals surface area contributed by atoms with E-state index in [2.05, 4.69) is 20.8 Å². The zero-order valence-electron chi connectivity index (χ0n) is 10.8. The van der Waals surface area contributed by atoms with E-state index in [4.69, 9.17) is 15.0 Å². The van der Waals surface area contributed by atoms with Gasteiger partial charge in [-0.2, -0.15) is 0 Å². The van der Waals surface area contributed by atoms with Crippen LogP contribution in [-0.4, -0.2) is 36.5 Å². The third-order valence-electron chi connectivity index (χ3n) is 5.52. The molecule has 0 aromatic rings. The van der Waals surface area contributed by atoms with Crippen molar-refractivity contribution in [3.8, 4) is 0 Å². The highest BCUT2D eigenvalue weighted by molar-refractivity contribution is 6.47. The molecule has 0 aromatic carbocycles. The van der Waals surface area contributed by atoms with Crippen molar-refractivity contribution >= 4 is 7.12 Å². The molecule has 3 aliphatic carbocycles. The Morgan fingerprint density at radius 1 is 1.41 bits per heavy atom. The lowest BCUT2D eigenvalue weighted by Gasteiger charge is -2.64. The normalized spacial score (nSPS) is 48.5. The van der Waals surface area contributed by atoms with Crippen molar-refractivity contribution in [2.24, 2.45) is 23.0 Å². The molecule has 0 radical (unpaired) electrons. The molecular formula is C12H22BNO3. The Bertz CT molecular complexity index is 338. The smallest absolute Gasteiger partial charge is 0.404 e. The molecule has 1 aliphatic heterocycles. The molecule has 4 fully saturated rings. The maximum absolute atomic E-state index is 9.77. The van der Waals surface area contributed by atoms with Crippen LogP contribution in [0.2, 0.25) is 0 Å². The maximum atomic E-state index is 9.77. The summed E-state index contributed by atoms with van der Waals surface area (Å²) < 4.78 is 11.9. The fourth-order valence-corrected chi connectivity index (χ4v) is 4.17. The number of nitrogens with two attached hydrogens (primary N) is 1. The maximum Gasteiger partial charge on any atom is 0.489 e. The van der Waals surface area contributed by atoms with Gasteiger partial charge in [-0.15, -0.1) is 0 Å². The van der Waals surface area contributed by atoms with Crippen molar-refractivity contribution in [2.45, 2.75) is 51.3 Å². The van der Waals surface area contributed by atoms with Crippen molar-refractivity contribution in [1.29, 1.82) is 0 Å². The second kappa shape index (κ2) is 3.47. The van der Waals surface area contributed by atoms with Gasteiger partial charge in [0.15, 0.2) is 0 Å². The van der Waals surface area contributed by atoms with Gasteiger partial charge in [0.25, 0.3) is 0 Å². The van der Waals surface area contributed by atoms with Crippen LogP contribution in [0.25, 0.3) is 0 Å². The van der Waals surface area contributed by atoms with E-state index in [1.54, 1.807) is 0 Å². The summed E-state index contributed by atoms with van der Waals surface area (Å²) >= 11 is 0. The van der Waals surface area contributed by atoms with E-state index < -0.39 is 13.1 Å². The van der Waals surface area contributed by atoms with Gasteiger partial charge < -0.3 is 20.1 Å². The standard InChI is InChI=1S/C12H22BNO3/c1-11(2)7-4-8(11)12(3)9(5-7)16-13(17-12)10(15)6-14/h7-10,15H,4-6,14H2,1-3H3/t7?,8?,9-,10?,12+/m1/s1. The summed E-state index contributed by atoms with van der Waals surface area (Å²) in [7, 11) is -0.537. The predicted octanol–water partition coefficient (Wildman–Crippen LogP) is 0.574. The molecule has 96 valence electrons. The first-order chi connectivity index (χ1) is 7.89. The molecule has 5 atom stereocenters. The lowest BCUT2D eigenvalue weighted by molar-refractivity contribution is -0.199. The van der Waals surface area contributed by atoms with Crippen LogP contribution >= 0.6 is 0 Å². The zero-order valence-corrected chi connectivity index (χ0v) is 10.8. The van der Waals surface area contributed by atoms with E-state index in [0.29, 0.717) is 11.3 Å². The van der Waals surface area contributed by atoms with Crippen LogP contribution in [0.15, 0.2) is 0 Å². The third kappa shape index (κ3) is 1.40. The second-order valence-electron chi connectivity index (χ2n) is 6.64. The highest BCUT2D eigenvalue weighted by atomic mass is 16.7. The van der Waals surface area contributed by atoms with Gasteiger partial charge in [0.2, 0.25) is 0 Å². The van der Waals surface area contributed by atoms with Crippen molar-refractivity contribution in [3.63, 3.8) is 0 Å². The van der Waals surface area contributed by atoms with Crippen molar-refractivity contribution < 1.29 is 14.4 Å². The van der Waals surface area contributed by atoms with Gasteiger partial charge in [-0.3, -0.25) is 0 Å². The Hall–Kier alpha value is -0.0951. The number of hydrogen-bond acceptors (Lipinski definition) is 4. The van der Waals surface area contributed by atoms with Gasteiger partial charge in [-0.25, -0.2) is 0 Å². The van der Waals surface area contributed by atoms with E-state index in [1.807, 2.05) is 0 Å². The summed E-state index contributed by atoms with van der Waals surface area (Å²) in [5.41, 5.74) is 5.58. The first-order valence-electron chi connectivity index (χ1n) is 6.61. The van der Waals surface area contributed by atoms with Gasteiger partial charge in [0.1, 0.15) is 6.00 Å². The van der Waals surface area contributed by atoms with E-state index in [-0.39, 0.29) is 18.2 Å². The Kier molecular flexibility index (Phi) is 2.44. The topological polar surface area (TPSA) is 64.7 Å². The molecule has 17 heavy (non-hydrogen) atoms. The summed E-state index contributed by atoms with van der Waals surface area (Å²) in [4.78, 5) is 0. The number of aliphatic hydroxyl groups excluding tert-OH is 1. The highest BCUT2D eigenvalue weighted by Crippen LogP contribution is 2.65. The highest BCUT2D eigenvalue weighted by Gasteiger charge is 2.68. The lowest BCUT2D eigenvalue weighted by Crippen LogP contribution is -2.65. The molecule has 0 amide bonds. The predicted molar refractivity (Wildman–Crippen MR) is 65.2 cm³/mol. The largest absolute Gasteiger partial charge is 0.489 e. The Labute approximate surface area is 103 Å². The average Bonchev–Trinajstić information content (AvgIpc) is 2.64. The first-order valence-corrected chi connectivity index (χ1v) is 6.61. The minimum Gasteiger partial charge on any atom is -0.404 e. The number of aliphatic hydroxyl groups is 1. The summed E-state index contributed by atoms with van der Waals surface area (Å²) in [6, 6.07) is -0.710. The summed E-state index contributed by atoms with van der Waals surface area (Å²) in [5, 5.41) is 9.77. The van der Waals surface area contributed by atoms with E-state index in [1.165, 1.54) is 6.42 Å². The Morgan fingerprint density at radius 2 is 2.12 bits per heavy atom. The van der Waals surface area contributed by atoms with Crippen molar-refractivity contribution in [1.82, 2.24) is 0 Å². The Balaban J connectivity index is 1.82. The molecule has 3 saturated carbocycles. The third-order valence-corrected chi connectivity index (χ3v) is 5.52. The van der Waals surface area contributed by atoms with Crippen molar-refractivity contribution in [3.05, 3.63) is 0 Å². The van der Waals surface area contributed by atoms with Gasteiger partial charge in [0, 0.05) is 6.54 Å². The first kappa shape index (κ1) is 12.0. The molecule has 3 unspecified atom stereocenters. The van der Waals surface area contributed by atoms with Crippen LogP contribution in [0.3, 0.4) is 0 Å². The molecule has 4 aliphatic rings. The molecule has 2 bridgehead atoms. The SMILES string of the molecule is CC1(C)C2CC1[C@]1(C)OB(C(O)CN)O[C@@H]1C2. The zero-order chi connectivity index (χ0) is 12.4. The van der Waals surface area contributed by atoms with Crippen LogP contribution in [-0.2, 0) is 9.31 Å². The number of hydrogen-bond donors (Lipinski definition) is 2. The molecule has 4 rings (SSSR count). The molecule has 4 nitrogen and oxygen atoms in total. The molecular weight excluding hydrogens is 217 g/mol. The van der Waals surface area contributed by atoms with Crippen LogP contribution < -0.4 is 5.73 Å². The Morgan fingerprint density at radius 3 is 2.71 bits per heavy atom. The van der Waals surface area contributed by atoms with Crippen LogP contribution in [0.1, 0.15) is 33.6 Å². The van der Waals surface area contributed by atoms with Gasteiger partial charge in [-0.1, -0.05) is 13.8 Å². The molecule has 1 saturated heterocycles. The van der Waals surface area contributed by atoms with Gasteiger partial charge in [-0.05, 0) is 37.0 Å². The second-order valence-corrected chi connectivity index (χ2v) is 6.64. The quantitative estimate of drug-likeness (QED) is 0.691. The summed E-state index contributed by atoms with van der Waals surface area (Å²) in [5.74, 6) is 1.27. The summed E-state index contributed by atoms with van der Waals surface area (Å²) in [6.45, 7) is 6.97. The van der Waals surface area contributed by atoms with Crippen LogP contribution in [0.5, 0.6) is 0 Å². The fourth-order valence-electron chi connectivity index (χ4n) is 4.17. The van der Waals surface area contributed by atoms with E-state index in [0.717, 1.165) is 12.3 Å². The monoisotopic (exact) mass is 239 g/mol. The van der Waals surface area contributed by atoms with Crippen LogP contribution in [0.4, 0.5) is 0 Å². The fraction of sp³-hybridized carbons (Fsp3) is 1.00. The molecule has 0 spiro atoms. The summed E-state index contributed by atoms with van der Waals surface area (Å²) in [6.07, 6.45) is 2.41. The average molecular weight is 239 g/mol. The van der Waals surface area contributed by atoms with Crippen molar-refractivity contribution in [2.75, 3.05) is 6.54 Å². The molecule has 0 aromatic heterocycles. The lowest BCUT2D eigenvalue weighted by atomic mass is 9.43. The van der Waals surface area contributed by atoms with Gasteiger partial charge >= 0.3 is 7.12 Å². The van der Waals surface area contributed by atoms with E-state index >= 15 is 0 Å². The molecule has 1 heterocycles. The molecule has 3 N–H and O–H groups in total. The number of rotatable bonds is 2. The molecule has 5 heteroatoms. The minimum atomic E-state index is -0.710. The minimum absolute atomic E-state index is 0.130. The van der Waals surface area contributed by atoms with Gasteiger partial charge in [0.05, 0.1) is 11.7 Å².